The number of aromatic nitrogens is 1. The summed E-state index contributed by atoms with van der Waals surface area (Å²) < 4.78 is 43.7. The highest BCUT2D eigenvalue weighted by molar-refractivity contribution is 8.07. The zero-order valence-electron chi connectivity index (χ0n) is 19.6. The number of sulfonamides is 1. The van der Waals surface area contributed by atoms with Crippen molar-refractivity contribution in [3.8, 4) is 0 Å². The fourth-order valence-corrected chi connectivity index (χ4v) is 4.74. The van der Waals surface area contributed by atoms with Crippen LogP contribution in [0.4, 0.5) is 10.5 Å². The zero-order chi connectivity index (χ0) is 26.4. The molecule has 12 heteroatoms. The molecule has 0 aliphatic carbocycles. The van der Waals surface area contributed by atoms with Crippen LogP contribution in [0.5, 0.6) is 0 Å². The summed E-state index contributed by atoms with van der Waals surface area (Å²) in [5.74, 6) is -1.71. The zero-order valence-corrected chi connectivity index (χ0v) is 20.4. The number of esters is 1. The van der Waals surface area contributed by atoms with E-state index in [1.54, 1.807) is 49.4 Å². The Labute approximate surface area is 212 Å². The molecule has 0 saturated carbocycles. The molecular formula is C25H23N3O8S. The molecule has 0 radical (unpaired) electrons. The monoisotopic (exact) mass is 525 g/mol. The lowest BCUT2D eigenvalue weighted by Crippen LogP contribution is -2.44. The van der Waals surface area contributed by atoms with Gasteiger partial charge in [0, 0.05) is 17.3 Å². The highest BCUT2D eigenvalue weighted by Gasteiger charge is 2.36. The second-order valence-electron chi connectivity index (χ2n) is 7.65. The molecule has 4 rings (SSSR count). The molecule has 2 N–H and O–H groups in total. The predicted molar refractivity (Wildman–Crippen MR) is 132 cm³/mol. The number of nitrogens with one attached hydrogen (secondary N) is 2. The highest BCUT2D eigenvalue weighted by Crippen LogP contribution is 2.31. The summed E-state index contributed by atoms with van der Waals surface area (Å²) >= 11 is 0. The Morgan fingerprint density at radius 1 is 1.00 bits per heavy atom. The number of amides is 2. The van der Waals surface area contributed by atoms with Crippen LogP contribution in [0.3, 0.4) is 0 Å². The molecule has 37 heavy (non-hydrogen) atoms. The van der Waals surface area contributed by atoms with Gasteiger partial charge in [-0.25, -0.2) is 4.79 Å². The van der Waals surface area contributed by atoms with Crippen molar-refractivity contribution in [3.63, 3.8) is 0 Å². The molecule has 2 aromatic carbocycles. The molecule has 3 aromatic rings. The van der Waals surface area contributed by atoms with E-state index in [0.29, 0.717) is 11.1 Å². The summed E-state index contributed by atoms with van der Waals surface area (Å²) in [6.45, 7) is 1.25. The number of imide groups is 1. The minimum atomic E-state index is -4.90. The molecule has 1 aliphatic rings. The number of ether oxygens (including phenoxy) is 3. The Balaban J connectivity index is 1.72. The number of carbonyl (C=O) groups excluding carboxylic acids is 3. The van der Waals surface area contributed by atoms with E-state index in [4.69, 9.17) is 14.2 Å². The van der Waals surface area contributed by atoms with Gasteiger partial charge in [-0.1, -0.05) is 42.5 Å². The van der Waals surface area contributed by atoms with E-state index in [0.717, 1.165) is 4.31 Å². The van der Waals surface area contributed by atoms with Crippen molar-refractivity contribution in [2.24, 2.45) is 0 Å². The predicted octanol–water partition coefficient (Wildman–Crippen LogP) is 3.59. The topological polar surface area (TPSA) is 144 Å². The minimum absolute atomic E-state index is 0.0439. The molecule has 0 unspecified atom stereocenters. The third-order valence-corrected chi connectivity index (χ3v) is 6.81. The molecular weight excluding hydrogens is 502 g/mol. The van der Waals surface area contributed by atoms with Gasteiger partial charge < -0.3 is 19.2 Å². The molecule has 0 bridgehead atoms. The van der Waals surface area contributed by atoms with Gasteiger partial charge in [-0.3, -0.25) is 19.2 Å². The van der Waals surface area contributed by atoms with Gasteiger partial charge in [0.1, 0.15) is 18.2 Å². The number of anilines is 1. The van der Waals surface area contributed by atoms with Gasteiger partial charge in [-0.15, -0.1) is 0 Å². The molecule has 0 fully saturated rings. The first-order valence-corrected chi connectivity index (χ1v) is 12.6. The lowest BCUT2D eigenvalue weighted by Gasteiger charge is -2.25. The lowest BCUT2D eigenvalue weighted by atomic mass is 10.1. The standard InChI is InChI=1S/C25H23N3O8S/c1-2-34-23(30)21-20(12-13-26-21)28(16-18-10-6-7-11-19(18)24-35-14-15-36-24)37(32,33)25(31)27-22(29)17-8-4-3-5-9-17/h3-15,24,26H,2,16H2,1H3,(H,27,29,31). The van der Waals surface area contributed by atoms with Gasteiger partial charge in [0.2, 0.25) is 0 Å². The number of hydrogen-bond acceptors (Lipinski definition) is 8. The van der Waals surface area contributed by atoms with E-state index in [1.807, 2.05) is 5.32 Å². The Hall–Kier alpha value is -4.58. The summed E-state index contributed by atoms with van der Waals surface area (Å²) in [6, 6.07) is 15.7. The van der Waals surface area contributed by atoms with Gasteiger partial charge in [0.25, 0.3) is 12.2 Å². The summed E-state index contributed by atoms with van der Waals surface area (Å²) in [6.07, 6.45) is 3.22. The van der Waals surface area contributed by atoms with Crippen molar-refractivity contribution in [2.75, 3.05) is 10.9 Å². The Morgan fingerprint density at radius 3 is 2.38 bits per heavy atom. The minimum Gasteiger partial charge on any atom is -0.461 e. The van der Waals surface area contributed by atoms with Crippen LogP contribution >= 0.6 is 0 Å². The van der Waals surface area contributed by atoms with Crippen molar-refractivity contribution >= 4 is 32.8 Å². The smallest absolute Gasteiger partial charge is 0.364 e. The SMILES string of the molecule is CCOC(=O)c1[nH]ccc1N(Cc1ccccc1C1OC=CO1)S(=O)(=O)C(=O)NC(=O)c1ccccc1. The molecule has 0 atom stereocenters. The molecule has 192 valence electrons. The number of H-pyrrole nitrogens is 1. The van der Waals surface area contributed by atoms with E-state index in [1.165, 1.54) is 36.9 Å². The molecule has 0 saturated heterocycles. The number of benzene rings is 2. The Kier molecular flexibility index (Phi) is 7.58. The maximum absolute atomic E-state index is 13.6. The number of carbonyl (C=O) groups is 3. The maximum Gasteiger partial charge on any atom is 0.364 e. The molecule has 2 amide bonds. The van der Waals surface area contributed by atoms with Crippen LogP contribution in [0, 0.1) is 0 Å². The van der Waals surface area contributed by atoms with Gasteiger partial charge in [0.05, 0.1) is 18.8 Å². The van der Waals surface area contributed by atoms with Gasteiger partial charge in [0.15, 0.2) is 0 Å². The number of rotatable bonds is 8. The average Bonchev–Trinajstić information content (AvgIpc) is 3.61. The highest BCUT2D eigenvalue weighted by atomic mass is 32.2. The molecule has 1 aliphatic heterocycles. The number of hydrogen-bond donors (Lipinski definition) is 2. The van der Waals surface area contributed by atoms with E-state index in [-0.39, 0.29) is 30.1 Å². The average molecular weight is 526 g/mol. The van der Waals surface area contributed by atoms with Crippen molar-refractivity contribution < 1.29 is 37.0 Å². The summed E-state index contributed by atoms with van der Waals surface area (Å²) in [7, 11) is -4.90. The van der Waals surface area contributed by atoms with Crippen LogP contribution in [0.1, 0.15) is 45.2 Å². The molecule has 1 aromatic heterocycles. The Bertz CT molecular complexity index is 1420. The van der Waals surface area contributed by atoms with Gasteiger partial charge >= 0.3 is 21.2 Å². The van der Waals surface area contributed by atoms with Crippen LogP contribution in [0.2, 0.25) is 0 Å². The first kappa shape index (κ1) is 25.5. The Morgan fingerprint density at radius 2 is 1.68 bits per heavy atom. The first-order valence-electron chi connectivity index (χ1n) is 11.1. The van der Waals surface area contributed by atoms with Crippen LogP contribution in [0.15, 0.2) is 79.4 Å². The fraction of sp³-hybridized carbons (Fsp3) is 0.160. The van der Waals surface area contributed by atoms with E-state index in [9.17, 15) is 22.8 Å². The number of aromatic amines is 1. The third-order valence-electron chi connectivity index (χ3n) is 5.33. The van der Waals surface area contributed by atoms with Crippen LogP contribution in [-0.4, -0.2) is 37.1 Å². The number of nitrogens with zero attached hydrogens (tertiary/aromatic N) is 1. The molecule has 11 nitrogen and oxygen atoms in total. The van der Waals surface area contributed by atoms with Crippen LogP contribution in [-0.2, 0) is 30.8 Å². The van der Waals surface area contributed by atoms with Crippen LogP contribution in [0.25, 0.3) is 0 Å². The van der Waals surface area contributed by atoms with Crippen molar-refractivity contribution in [3.05, 3.63) is 102 Å². The van der Waals surface area contributed by atoms with E-state index < -0.39 is 33.4 Å². The van der Waals surface area contributed by atoms with E-state index in [2.05, 4.69) is 4.98 Å². The molecule has 2 heterocycles. The first-order chi connectivity index (χ1) is 17.8. The summed E-state index contributed by atoms with van der Waals surface area (Å²) in [5, 5.41) is 0.350. The van der Waals surface area contributed by atoms with Crippen LogP contribution < -0.4 is 9.62 Å². The fourth-order valence-electron chi connectivity index (χ4n) is 3.60. The maximum atomic E-state index is 13.6. The van der Waals surface area contributed by atoms with Gasteiger partial charge in [-0.2, -0.15) is 8.42 Å². The second kappa shape index (κ2) is 11.0. The largest absolute Gasteiger partial charge is 0.461 e. The summed E-state index contributed by atoms with van der Waals surface area (Å²) in [4.78, 5) is 40.7. The second-order valence-corrected chi connectivity index (χ2v) is 9.41. The van der Waals surface area contributed by atoms with Crippen molar-refractivity contribution in [2.45, 2.75) is 19.8 Å². The summed E-state index contributed by atoms with van der Waals surface area (Å²) in [5.41, 5.74) is 0.710. The normalized spacial score (nSPS) is 12.9. The lowest BCUT2D eigenvalue weighted by molar-refractivity contribution is -0.0252. The van der Waals surface area contributed by atoms with Crippen molar-refractivity contribution in [1.29, 1.82) is 0 Å². The third kappa shape index (κ3) is 5.48. The quantitative estimate of drug-likeness (QED) is 0.425. The molecule has 0 spiro atoms. The van der Waals surface area contributed by atoms with Crippen molar-refractivity contribution in [1.82, 2.24) is 10.3 Å². The van der Waals surface area contributed by atoms with E-state index >= 15 is 0 Å². The van der Waals surface area contributed by atoms with Gasteiger partial charge in [-0.05, 0) is 30.7 Å².